The second-order valence-electron chi connectivity index (χ2n) is 6.18. The van der Waals surface area contributed by atoms with Gasteiger partial charge in [-0.15, -0.1) is 0 Å². The molecule has 2 rings (SSSR count). The lowest BCUT2D eigenvalue weighted by molar-refractivity contribution is 0.266. The van der Waals surface area contributed by atoms with Crippen LogP contribution in [0.15, 0.2) is 0 Å². The molecule has 0 aromatic carbocycles. The number of likely N-dealkylation sites (tertiary alicyclic amines) is 1. The van der Waals surface area contributed by atoms with Gasteiger partial charge >= 0.3 is 0 Å². The molecule has 1 saturated carbocycles. The number of nitrogens with zero attached hydrogens (tertiary/aromatic N) is 2. The predicted octanol–water partition coefficient (Wildman–Crippen LogP) is 0.379. The summed E-state index contributed by atoms with van der Waals surface area (Å²) in [6.07, 6.45) is 5.66. The SMILES string of the molecule is CCN1CCCC1CNS(=O)(=O)N(C)CCCNC1CC1. The molecule has 2 aliphatic rings. The summed E-state index contributed by atoms with van der Waals surface area (Å²) in [5.41, 5.74) is 0. The van der Waals surface area contributed by atoms with Crippen LogP contribution in [0.4, 0.5) is 0 Å². The first-order valence-electron chi connectivity index (χ1n) is 8.21. The summed E-state index contributed by atoms with van der Waals surface area (Å²) >= 11 is 0. The minimum absolute atomic E-state index is 0.356. The lowest BCUT2D eigenvalue weighted by Gasteiger charge is -2.24. The van der Waals surface area contributed by atoms with Crippen LogP contribution in [0.25, 0.3) is 0 Å². The summed E-state index contributed by atoms with van der Waals surface area (Å²) in [7, 11) is -1.68. The zero-order valence-electron chi connectivity index (χ0n) is 13.3. The number of nitrogens with one attached hydrogen (secondary N) is 2. The molecule has 1 saturated heterocycles. The molecule has 0 aromatic rings. The maximum atomic E-state index is 12.2. The molecule has 1 aliphatic heterocycles. The molecule has 2 N–H and O–H groups in total. The number of rotatable bonds is 10. The van der Waals surface area contributed by atoms with Gasteiger partial charge in [-0.1, -0.05) is 6.92 Å². The van der Waals surface area contributed by atoms with Crippen molar-refractivity contribution in [2.24, 2.45) is 0 Å². The largest absolute Gasteiger partial charge is 0.314 e. The second-order valence-corrected chi connectivity index (χ2v) is 8.04. The first kappa shape index (κ1) is 17.1. The van der Waals surface area contributed by atoms with Gasteiger partial charge in [-0.2, -0.15) is 12.7 Å². The van der Waals surface area contributed by atoms with Crippen LogP contribution in [-0.4, -0.2) is 69.5 Å². The van der Waals surface area contributed by atoms with E-state index in [0.717, 1.165) is 32.5 Å². The van der Waals surface area contributed by atoms with Gasteiger partial charge in [-0.05, 0) is 51.7 Å². The monoisotopic (exact) mass is 318 g/mol. The van der Waals surface area contributed by atoms with E-state index in [0.29, 0.717) is 25.2 Å². The fourth-order valence-electron chi connectivity index (χ4n) is 2.87. The van der Waals surface area contributed by atoms with E-state index in [4.69, 9.17) is 0 Å². The minimum atomic E-state index is -3.34. The van der Waals surface area contributed by atoms with Crippen molar-refractivity contribution in [2.75, 3.05) is 39.8 Å². The standard InChI is InChI=1S/C14H30N4O2S/c1-3-18-11-4-6-14(18)12-16-21(19,20)17(2)10-5-9-15-13-7-8-13/h13-16H,3-12H2,1-2H3. The highest BCUT2D eigenvalue weighted by Crippen LogP contribution is 2.18. The second kappa shape index (κ2) is 7.87. The quantitative estimate of drug-likeness (QED) is 0.572. The Kier molecular flexibility index (Phi) is 6.43. The highest BCUT2D eigenvalue weighted by molar-refractivity contribution is 7.87. The van der Waals surface area contributed by atoms with Crippen LogP contribution in [0.5, 0.6) is 0 Å². The van der Waals surface area contributed by atoms with Crippen molar-refractivity contribution in [3.8, 4) is 0 Å². The van der Waals surface area contributed by atoms with Gasteiger partial charge in [0.2, 0.25) is 0 Å². The van der Waals surface area contributed by atoms with E-state index in [2.05, 4.69) is 21.9 Å². The van der Waals surface area contributed by atoms with Crippen molar-refractivity contribution in [2.45, 2.75) is 51.1 Å². The van der Waals surface area contributed by atoms with Crippen molar-refractivity contribution in [1.82, 2.24) is 19.2 Å². The summed E-state index contributed by atoms with van der Waals surface area (Å²) in [5, 5.41) is 3.40. The van der Waals surface area contributed by atoms with Gasteiger partial charge in [0, 0.05) is 32.2 Å². The maximum Gasteiger partial charge on any atom is 0.279 e. The topological polar surface area (TPSA) is 64.7 Å². The third-order valence-corrected chi connectivity index (χ3v) is 6.01. The zero-order valence-corrected chi connectivity index (χ0v) is 14.2. The number of hydrogen-bond acceptors (Lipinski definition) is 4. The number of hydrogen-bond donors (Lipinski definition) is 2. The molecule has 21 heavy (non-hydrogen) atoms. The Hall–Kier alpha value is -0.210. The van der Waals surface area contributed by atoms with Crippen LogP contribution in [0, 0.1) is 0 Å². The Bertz CT molecular complexity index is 411. The maximum absolute atomic E-state index is 12.2. The molecule has 0 spiro atoms. The Balaban J connectivity index is 1.66. The molecule has 124 valence electrons. The molecular weight excluding hydrogens is 288 g/mol. The van der Waals surface area contributed by atoms with E-state index in [-0.39, 0.29) is 0 Å². The van der Waals surface area contributed by atoms with E-state index in [1.807, 2.05) is 0 Å². The van der Waals surface area contributed by atoms with Crippen molar-refractivity contribution >= 4 is 10.2 Å². The third kappa shape index (κ3) is 5.49. The molecule has 0 radical (unpaired) electrons. The van der Waals surface area contributed by atoms with E-state index in [1.165, 1.54) is 23.6 Å². The molecule has 0 bridgehead atoms. The van der Waals surface area contributed by atoms with E-state index in [9.17, 15) is 8.42 Å². The van der Waals surface area contributed by atoms with Gasteiger partial charge in [0.15, 0.2) is 0 Å². The summed E-state index contributed by atoms with van der Waals surface area (Å²) in [6.45, 7) is 6.21. The van der Waals surface area contributed by atoms with Gasteiger partial charge in [0.05, 0.1) is 0 Å². The molecule has 6 nitrogen and oxygen atoms in total. The first-order chi connectivity index (χ1) is 10.0. The van der Waals surface area contributed by atoms with Crippen molar-refractivity contribution < 1.29 is 8.42 Å². The Morgan fingerprint density at radius 3 is 2.71 bits per heavy atom. The van der Waals surface area contributed by atoms with Crippen LogP contribution in [-0.2, 0) is 10.2 Å². The smallest absolute Gasteiger partial charge is 0.279 e. The van der Waals surface area contributed by atoms with Gasteiger partial charge in [0.1, 0.15) is 0 Å². The van der Waals surface area contributed by atoms with E-state index >= 15 is 0 Å². The molecule has 1 unspecified atom stereocenters. The minimum Gasteiger partial charge on any atom is -0.314 e. The summed E-state index contributed by atoms with van der Waals surface area (Å²) < 4.78 is 28.6. The third-order valence-electron chi connectivity index (χ3n) is 4.48. The Morgan fingerprint density at radius 2 is 2.05 bits per heavy atom. The summed E-state index contributed by atoms with van der Waals surface area (Å²) in [5.74, 6) is 0. The molecular formula is C14H30N4O2S. The highest BCUT2D eigenvalue weighted by atomic mass is 32.2. The summed E-state index contributed by atoms with van der Waals surface area (Å²) in [6, 6.07) is 1.04. The lowest BCUT2D eigenvalue weighted by Crippen LogP contribution is -2.45. The van der Waals surface area contributed by atoms with Crippen LogP contribution in [0.3, 0.4) is 0 Å². The molecule has 0 aromatic heterocycles. The molecule has 1 heterocycles. The van der Waals surface area contributed by atoms with Crippen molar-refractivity contribution in [3.05, 3.63) is 0 Å². The molecule has 1 aliphatic carbocycles. The van der Waals surface area contributed by atoms with Crippen LogP contribution < -0.4 is 10.0 Å². The summed E-state index contributed by atoms with van der Waals surface area (Å²) in [4.78, 5) is 2.35. The van der Waals surface area contributed by atoms with Gasteiger partial charge in [-0.3, -0.25) is 4.90 Å². The van der Waals surface area contributed by atoms with Gasteiger partial charge < -0.3 is 5.32 Å². The number of likely N-dealkylation sites (N-methyl/N-ethyl adjacent to an activating group) is 1. The zero-order chi connectivity index (χ0) is 15.3. The average Bonchev–Trinajstić information content (AvgIpc) is 3.17. The van der Waals surface area contributed by atoms with Crippen LogP contribution in [0.2, 0.25) is 0 Å². The molecule has 0 amide bonds. The van der Waals surface area contributed by atoms with E-state index < -0.39 is 10.2 Å². The highest BCUT2D eigenvalue weighted by Gasteiger charge is 2.26. The molecule has 7 heteroatoms. The van der Waals surface area contributed by atoms with Crippen molar-refractivity contribution in [3.63, 3.8) is 0 Å². The van der Waals surface area contributed by atoms with Gasteiger partial charge in [0.25, 0.3) is 10.2 Å². The normalized spacial score (nSPS) is 24.0. The first-order valence-corrected chi connectivity index (χ1v) is 9.65. The molecule has 2 fully saturated rings. The Morgan fingerprint density at radius 1 is 1.29 bits per heavy atom. The van der Waals surface area contributed by atoms with Crippen molar-refractivity contribution in [1.29, 1.82) is 0 Å². The van der Waals surface area contributed by atoms with Crippen LogP contribution >= 0.6 is 0 Å². The molecule has 1 atom stereocenters. The Labute approximate surface area is 129 Å². The van der Waals surface area contributed by atoms with Gasteiger partial charge in [-0.25, -0.2) is 4.72 Å². The fourth-order valence-corrected chi connectivity index (χ4v) is 3.86. The average molecular weight is 318 g/mol. The van der Waals surface area contributed by atoms with Crippen LogP contribution in [0.1, 0.15) is 39.0 Å². The fraction of sp³-hybridized carbons (Fsp3) is 1.00. The van der Waals surface area contributed by atoms with E-state index in [1.54, 1.807) is 7.05 Å². The predicted molar refractivity (Wildman–Crippen MR) is 85.5 cm³/mol. The lowest BCUT2D eigenvalue weighted by atomic mass is 10.2.